The van der Waals surface area contributed by atoms with E-state index in [1.807, 2.05) is 11.8 Å². The van der Waals surface area contributed by atoms with Crippen LogP contribution in [0, 0.1) is 5.92 Å². The first-order valence-electron chi connectivity index (χ1n) is 7.22. The number of carbonyl (C=O) groups excluding carboxylic acids is 2. The van der Waals surface area contributed by atoms with Crippen LogP contribution in [0.15, 0.2) is 0 Å². The van der Waals surface area contributed by atoms with Crippen LogP contribution in [0.4, 0.5) is 0 Å². The second-order valence-corrected chi connectivity index (χ2v) is 7.94. The van der Waals surface area contributed by atoms with E-state index in [9.17, 15) is 9.59 Å². The highest BCUT2D eigenvalue weighted by molar-refractivity contribution is 8.00. The minimum Gasteiger partial charge on any atom is -0.272 e. The van der Waals surface area contributed by atoms with Crippen LogP contribution < -0.4 is 5.43 Å². The fraction of sp³-hybridized carbons (Fsp3) is 0.857. The van der Waals surface area contributed by atoms with Gasteiger partial charge in [-0.2, -0.15) is 11.8 Å². The van der Waals surface area contributed by atoms with E-state index in [2.05, 4.69) is 26.2 Å². The Hall–Kier alpha value is -0.710. The Morgan fingerprint density at radius 1 is 1.42 bits per heavy atom. The maximum Gasteiger partial charge on any atom is 0.253 e. The Bertz CT molecular complexity index is 370. The van der Waals surface area contributed by atoms with Gasteiger partial charge in [0.1, 0.15) is 5.92 Å². The lowest BCUT2D eigenvalue weighted by atomic mass is 9.97. The number of hydrogen-bond acceptors (Lipinski definition) is 3. The Labute approximate surface area is 119 Å². The maximum absolute atomic E-state index is 12.4. The van der Waals surface area contributed by atoms with Crippen molar-refractivity contribution in [3.8, 4) is 0 Å². The van der Waals surface area contributed by atoms with Crippen LogP contribution in [0.3, 0.4) is 0 Å². The number of hydrazine groups is 1. The normalized spacial score (nSPS) is 30.6. The van der Waals surface area contributed by atoms with Gasteiger partial charge in [-0.25, -0.2) is 0 Å². The van der Waals surface area contributed by atoms with Crippen LogP contribution in [0.1, 0.15) is 52.9 Å². The van der Waals surface area contributed by atoms with Gasteiger partial charge in [0.2, 0.25) is 0 Å². The first kappa shape index (κ1) is 14.7. The highest BCUT2D eigenvalue weighted by atomic mass is 32.2. The molecule has 108 valence electrons. The molecule has 1 N–H and O–H groups in total. The lowest BCUT2D eigenvalue weighted by molar-refractivity contribution is -0.135. The molecule has 0 spiro atoms. The van der Waals surface area contributed by atoms with Gasteiger partial charge >= 0.3 is 0 Å². The highest BCUT2D eigenvalue weighted by Gasteiger charge is 2.44. The summed E-state index contributed by atoms with van der Waals surface area (Å²) >= 11 is 1.95. The molecule has 4 nitrogen and oxygen atoms in total. The number of thioether (sulfide) groups is 1. The molecular weight excluding hydrogens is 260 g/mol. The van der Waals surface area contributed by atoms with Gasteiger partial charge in [0.25, 0.3) is 11.8 Å². The van der Waals surface area contributed by atoms with E-state index < -0.39 is 5.92 Å². The van der Waals surface area contributed by atoms with Crippen molar-refractivity contribution < 1.29 is 9.59 Å². The molecule has 2 aliphatic rings. The van der Waals surface area contributed by atoms with E-state index in [-0.39, 0.29) is 22.6 Å². The molecule has 0 unspecified atom stereocenters. The minimum absolute atomic E-state index is 0.00819. The van der Waals surface area contributed by atoms with Crippen molar-refractivity contribution in [1.82, 2.24) is 10.4 Å². The van der Waals surface area contributed by atoms with Crippen LogP contribution in [0.25, 0.3) is 0 Å². The standard InChI is InChI=1S/C14H24N2O2S/c1-4-5-6-11-12(17)15-16(13(11)18)10-7-8-19-14(2,3)9-10/h10-11H,4-9H2,1-3H3,(H,15,17)/t10-,11-/m1/s1. The molecule has 2 aliphatic heterocycles. The van der Waals surface area contributed by atoms with E-state index in [1.54, 1.807) is 5.01 Å². The van der Waals surface area contributed by atoms with Crippen molar-refractivity contribution in [2.45, 2.75) is 63.7 Å². The number of unbranched alkanes of at least 4 members (excludes halogenated alkanes) is 1. The quantitative estimate of drug-likeness (QED) is 0.806. The molecule has 5 heteroatoms. The van der Waals surface area contributed by atoms with Gasteiger partial charge in [-0.3, -0.25) is 20.0 Å². The van der Waals surface area contributed by atoms with Crippen molar-refractivity contribution in [3.63, 3.8) is 0 Å². The summed E-state index contributed by atoms with van der Waals surface area (Å²) in [5.41, 5.74) is 2.81. The summed E-state index contributed by atoms with van der Waals surface area (Å²) < 4.78 is 0.190. The number of hydrogen-bond donors (Lipinski definition) is 1. The molecule has 2 heterocycles. The molecule has 0 radical (unpaired) electrons. The van der Waals surface area contributed by atoms with Crippen molar-refractivity contribution in [1.29, 1.82) is 0 Å². The van der Waals surface area contributed by atoms with Gasteiger partial charge in [0, 0.05) is 4.75 Å². The second kappa shape index (κ2) is 5.73. The third-order valence-electron chi connectivity index (χ3n) is 3.97. The Kier molecular flexibility index (Phi) is 4.43. The number of amides is 2. The monoisotopic (exact) mass is 284 g/mol. The summed E-state index contributed by atoms with van der Waals surface area (Å²) in [4.78, 5) is 24.3. The summed E-state index contributed by atoms with van der Waals surface area (Å²) in [6.45, 7) is 6.50. The zero-order chi connectivity index (χ0) is 14.0. The van der Waals surface area contributed by atoms with Crippen LogP contribution in [-0.2, 0) is 9.59 Å². The zero-order valence-corrected chi connectivity index (χ0v) is 12.9. The fourth-order valence-corrected chi connectivity index (χ4v) is 4.14. The summed E-state index contributed by atoms with van der Waals surface area (Å²) in [7, 11) is 0. The van der Waals surface area contributed by atoms with E-state index in [0.717, 1.165) is 31.4 Å². The van der Waals surface area contributed by atoms with Gasteiger partial charge in [-0.05, 0) is 25.0 Å². The molecule has 2 saturated heterocycles. The summed E-state index contributed by atoms with van der Waals surface area (Å²) in [5.74, 6) is 0.495. The third kappa shape index (κ3) is 3.25. The van der Waals surface area contributed by atoms with E-state index in [0.29, 0.717) is 6.42 Å². The first-order valence-corrected chi connectivity index (χ1v) is 8.20. The van der Waals surface area contributed by atoms with E-state index >= 15 is 0 Å². The largest absolute Gasteiger partial charge is 0.272 e. The van der Waals surface area contributed by atoms with Gasteiger partial charge in [0.15, 0.2) is 0 Å². The molecule has 2 rings (SSSR count). The first-order chi connectivity index (χ1) is 8.94. The lowest BCUT2D eigenvalue weighted by Gasteiger charge is -2.38. The molecule has 0 bridgehead atoms. The average molecular weight is 284 g/mol. The molecule has 19 heavy (non-hydrogen) atoms. The third-order valence-corrected chi connectivity index (χ3v) is 5.35. The van der Waals surface area contributed by atoms with Crippen molar-refractivity contribution >= 4 is 23.6 Å². The second-order valence-electron chi connectivity index (χ2n) is 6.13. The molecule has 2 atom stereocenters. The maximum atomic E-state index is 12.4. The predicted molar refractivity (Wildman–Crippen MR) is 77.6 cm³/mol. The van der Waals surface area contributed by atoms with Gasteiger partial charge in [-0.1, -0.05) is 33.6 Å². The summed E-state index contributed by atoms with van der Waals surface area (Å²) in [6, 6.07) is 0.166. The van der Waals surface area contributed by atoms with Crippen molar-refractivity contribution in [2.75, 3.05) is 5.75 Å². The summed E-state index contributed by atoms with van der Waals surface area (Å²) in [5, 5.41) is 1.63. The van der Waals surface area contributed by atoms with Crippen LogP contribution in [-0.4, -0.2) is 33.4 Å². The topological polar surface area (TPSA) is 49.4 Å². The van der Waals surface area contributed by atoms with Gasteiger partial charge < -0.3 is 0 Å². The molecule has 0 aromatic rings. The average Bonchev–Trinajstić information content (AvgIpc) is 2.61. The molecular formula is C14H24N2O2S. The minimum atomic E-state index is -0.447. The molecule has 0 saturated carbocycles. The SMILES string of the molecule is CCCC[C@@H]1C(=O)NN([C@@H]2CCSC(C)(C)C2)C1=O. The molecule has 2 fully saturated rings. The zero-order valence-electron chi connectivity index (χ0n) is 12.1. The smallest absolute Gasteiger partial charge is 0.253 e. The van der Waals surface area contributed by atoms with Crippen LogP contribution in [0.2, 0.25) is 0 Å². The predicted octanol–water partition coefficient (Wildman–Crippen LogP) is 2.34. The van der Waals surface area contributed by atoms with Gasteiger partial charge in [-0.15, -0.1) is 0 Å². The van der Waals surface area contributed by atoms with Crippen LogP contribution >= 0.6 is 11.8 Å². The Balaban J connectivity index is 2.02. The molecule has 0 aromatic carbocycles. The number of nitrogens with one attached hydrogen (secondary N) is 1. The van der Waals surface area contributed by atoms with Crippen molar-refractivity contribution in [2.24, 2.45) is 5.92 Å². The Morgan fingerprint density at radius 3 is 2.79 bits per heavy atom. The number of carbonyl (C=O) groups is 2. The van der Waals surface area contributed by atoms with E-state index in [4.69, 9.17) is 0 Å². The fourth-order valence-electron chi connectivity index (χ4n) is 2.89. The number of nitrogens with zero attached hydrogens (tertiary/aromatic N) is 1. The summed E-state index contributed by atoms with van der Waals surface area (Å²) in [6.07, 6.45) is 4.56. The van der Waals surface area contributed by atoms with Gasteiger partial charge in [0.05, 0.1) is 6.04 Å². The molecule has 2 amide bonds. The Morgan fingerprint density at radius 2 is 2.16 bits per heavy atom. The van der Waals surface area contributed by atoms with Crippen molar-refractivity contribution in [3.05, 3.63) is 0 Å². The molecule has 0 aliphatic carbocycles. The number of rotatable bonds is 4. The highest BCUT2D eigenvalue weighted by Crippen LogP contribution is 2.38. The molecule has 0 aromatic heterocycles. The van der Waals surface area contributed by atoms with E-state index in [1.165, 1.54) is 0 Å². The lowest BCUT2D eigenvalue weighted by Crippen LogP contribution is -2.48. The van der Waals surface area contributed by atoms with Crippen LogP contribution in [0.5, 0.6) is 0 Å².